The van der Waals surface area contributed by atoms with Crippen molar-refractivity contribution in [2.45, 2.75) is 13.3 Å². The van der Waals surface area contributed by atoms with E-state index in [-0.39, 0.29) is 11.6 Å². The molecule has 0 radical (unpaired) electrons. The zero-order valence-electron chi connectivity index (χ0n) is 14.0. The van der Waals surface area contributed by atoms with E-state index in [0.717, 1.165) is 33.3 Å². The molecule has 0 saturated heterocycles. The number of nitrogens with one attached hydrogen (secondary N) is 1. The number of nitrogens with zero attached hydrogens (tertiary/aromatic N) is 1. The first-order valence-electron chi connectivity index (χ1n) is 7.97. The molecule has 3 rings (SSSR count). The number of hydrogen-bond acceptors (Lipinski definition) is 2. The van der Waals surface area contributed by atoms with E-state index in [1.807, 2.05) is 24.4 Å². The first-order valence-corrected chi connectivity index (χ1v) is 7.97. The minimum Gasteiger partial charge on any atom is -0.513 e. The Morgan fingerprint density at radius 1 is 1.36 bits per heavy atom. The van der Waals surface area contributed by atoms with Gasteiger partial charge in [-0.15, -0.1) is 0 Å². The number of aromatic amines is 1. The highest BCUT2D eigenvalue weighted by molar-refractivity contribution is 5.86. The van der Waals surface area contributed by atoms with Gasteiger partial charge in [-0.3, -0.25) is 0 Å². The van der Waals surface area contributed by atoms with Crippen molar-refractivity contribution in [2.75, 3.05) is 0 Å². The van der Waals surface area contributed by atoms with Crippen molar-refractivity contribution in [1.29, 1.82) is 0 Å². The van der Waals surface area contributed by atoms with Crippen LogP contribution in [0.4, 0.5) is 4.39 Å². The summed E-state index contributed by atoms with van der Waals surface area (Å²) in [6, 6.07) is 8.61. The molecular formula is C21H19FN2O. The second kappa shape index (κ2) is 7.18. The molecule has 0 unspecified atom stereocenters. The summed E-state index contributed by atoms with van der Waals surface area (Å²) in [4.78, 5) is 7.61. The molecule has 0 aliphatic carbocycles. The number of fused-ring (bicyclic) bond motifs is 1. The van der Waals surface area contributed by atoms with E-state index in [0.29, 0.717) is 6.42 Å². The van der Waals surface area contributed by atoms with Crippen molar-refractivity contribution in [3.05, 3.63) is 95.8 Å². The van der Waals surface area contributed by atoms with Crippen molar-refractivity contribution in [1.82, 2.24) is 9.97 Å². The van der Waals surface area contributed by atoms with Crippen LogP contribution in [-0.4, -0.2) is 15.1 Å². The molecule has 0 bridgehead atoms. The summed E-state index contributed by atoms with van der Waals surface area (Å²) < 4.78 is 13.4. The van der Waals surface area contributed by atoms with Gasteiger partial charge in [0.25, 0.3) is 0 Å². The maximum Gasteiger partial charge on any atom is 0.137 e. The number of aliphatic hydroxyl groups is 1. The molecule has 126 valence electrons. The minimum atomic E-state index is -0.240. The van der Waals surface area contributed by atoms with Crippen LogP contribution in [-0.2, 0) is 6.42 Å². The molecule has 3 nitrogen and oxygen atoms in total. The third kappa shape index (κ3) is 3.86. The van der Waals surface area contributed by atoms with Gasteiger partial charge in [0.05, 0.1) is 5.76 Å². The molecule has 1 aromatic carbocycles. The summed E-state index contributed by atoms with van der Waals surface area (Å²) in [6.45, 7) is 5.34. The number of halogens is 1. The number of allylic oxidation sites excluding steroid dienone is 5. The highest BCUT2D eigenvalue weighted by Gasteiger charge is 2.09. The van der Waals surface area contributed by atoms with Gasteiger partial charge in [-0.2, -0.15) is 0 Å². The third-order valence-corrected chi connectivity index (χ3v) is 3.90. The maximum atomic E-state index is 13.4. The number of hydrogen-bond donors (Lipinski definition) is 2. The lowest BCUT2D eigenvalue weighted by Crippen LogP contribution is -1.90. The van der Waals surface area contributed by atoms with Crippen molar-refractivity contribution in [3.63, 3.8) is 0 Å². The molecule has 0 fully saturated rings. The first-order chi connectivity index (χ1) is 12.1. The van der Waals surface area contributed by atoms with Crippen molar-refractivity contribution in [2.24, 2.45) is 0 Å². The zero-order chi connectivity index (χ0) is 17.8. The molecule has 0 amide bonds. The van der Waals surface area contributed by atoms with E-state index in [9.17, 15) is 9.50 Å². The highest BCUT2D eigenvalue weighted by Crippen LogP contribution is 2.25. The van der Waals surface area contributed by atoms with Crippen LogP contribution in [0.5, 0.6) is 0 Å². The average Bonchev–Trinajstić information content (AvgIpc) is 2.96. The summed E-state index contributed by atoms with van der Waals surface area (Å²) in [5.41, 5.74) is 4.41. The molecule has 0 spiro atoms. The molecular weight excluding hydrogens is 315 g/mol. The topological polar surface area (TPSA) is 48.9 Å². The van der Waals surface area contributed by atoms with Crippen LogP contribution in [0.1, 0.15) is 23.6 Å². The van der Waals surface area contributed by atoms with Crippen LogP contribution in [0.25, 0.3) is 16.6 Å². The maximum absolute atomic E-state index is 13.4. The minimum absolute atomic E-state index is 0.210. The number of aromatic nitrogens is 2. The molecule has 0 aliphatic rings. The SMILES string of the molecule is C=C/C=C(\C=C(/C)O)c1cnc2[nH]cc(Cc3cccc(F)c3)c2c1. The monoisotopic (exact) mass is 334 g/mol. The molecule has 2 aromatic heterocycles. The summed E-state index contributed by atoms with van der Waals surface area (Å²) in [5.74, 6) is -0.0295. The molecule has 25 heavy (non-hydrogen) atoms. The van der Waals surface area contributed by atoms with Crippen molar-refractivity contribution < 1.29 is 9.50 Å². The lowest BCUT2D eigenvalue weighted by Gasteiger charge is -2.05. The lowest BCUT2D eigenvalue weighted by molar-refractivity contribution is 0.415. The van der Waals surface area contributed by atoms with Gasteiger partial charge >= 0.3 is 0 Å². The Morgan fingerprint density at radius 3 is 2.92 bits per heavy atom. The Morgan fingerprint density at radius 2 is 2.20 bits per heavy atom. The summed E-state index contributed by atoms with van der Waals surface area (Å²) in [6.07, 6.45) is 9.42. The fourth-order valence-electron chi connectivity index (χ4n) is 2.81. The van der Waals surface area contributed by atoms with Gasteiger partial charge in [0.15, 0.2) is 0 Å². The Hall–Kier alpha value is -3.14. The van der Waals surface area contributed by atoms with Crippen LogP contribution in [0.3, 0.4) is 0 Å². The quantitative estimate of drug-likeness (QED) is 0.490. The van der Waals surface area contributed by atoms with Crippen LogP contribution < -0.4 is 0 Å². The number of aliphatic hydroxyl groups excluding tert-OH is 1. The van der Waals surface area contributed by atoms with E-state index in [1.54, 1.807) is 31.3 Å². The van der Waals surface area contributed by atoms with Gasteiger partial charge in [-0.05, 0) is 54.3 Å². The first kappa shape index (κ1) is 16.7. The molecule has 2 N–H and O–H groups in total. The van der Waals surface area contributed by atoms with Crippen LogP contribution in [0.2, 0.25) is 0 Å². The Bertz CT molecular complexity index is 978. The molecule has 4 heteroatoms. The Balaban J connectivity index is 2.03. The van der Waals surface area contributed by atoms with E-state index < -0.39 is 0 Å². The lowest BCUT2D eigenvalue weighted by atomic mass is 10.0. The van der Waals surface area contributed by atoms with Gasteiger partial charge in [-0.25, -0.2) is 9.37 Å². The van der Waals surface area contributed by atoms with Crippen LogP contribution in [0.15, 0.2) is 73.3 Å². The standard InChI is InChI=1S/C21H19FN2O/c1-3-5-16(8-14(2)25)17-11-20-18(13-24-21(20)23-12-17)9-15-6-4-7-19(22)10-15/h3-8,10-13,25H,1,9H2,2H3,(H,23,24)/b14-8+,16-5+. The van der Waals surface area contributed by atoms with Gasteiger partial charge < -0.3 is 10.1 Å². The summed E-state index contributed by atoms with van der Waals surface area (Å²) in [5, 5.41) is 10.6. The zero-order valence-corrected chi connectivity index (χ0v) is 14.0. The predicted octanol–water partition coefficient (Wildman–Crippen LogP) is 5.32. The van der Waals surface area contributed by atoms with Gasteiger partial charge in [0.2, 0.25) is 0 Å². The largest absolute Gasteiger partial charge is 0.513 e. The Kier molecular flexibility index (Phi) is 4.80. The fourth-order valence-corrected chi connectivity index (χ4v) is 2.81. The molecule has 0 atom stereocenters. The van der Waals surface area contributed by atoms with Crippen LogP contribution in [0, 0.1) is 5.82 Å². The predicted molar refractivity (Wildman–Crippen MR) is 99.9 cm³/mol. The summed E-state index contributed by atoms with van der Waals surface area (Å²) >= 11 is 0. The van der Waals surface area contributed by atoms with Gasteiger partial charge in [0, 0.05) is 23.3 Å². The average molecular weight is 334 g/mol. The van der Waals surface area contributed by atoms with Crippen molar-refractivity contribution >= 4 is 16.6 Å². The van der Waals surface area contributed by atoms with E-state index in [1.165, 1.54) is 12.1 Å². The number of pyridine rings is 1. The second-order valence-corrected chi connectivity index (χ2v) is 5.88. The van der Waals surface area contributed by atoms with E-state index in [4.69, 9.17) is 0 Å². The molecule has 0 aliphatic heterocycles. The Labute approximate surface area is 145 Å². The second-order valence-electron chi connectivity index (χ2n) is 5.88. The number of H-pyrrole nitrogens is 1. The third-order valence-electron chi connectivity index (χ3n) is 3.90. The number of benzene rings is 1. The van der Waals surface area contributed by atoms with E-state index in [2.05, 4.69) is 16.5 Å². The van der Waals surface area contributed by atoms with Gasteiger partial charge in [-0.1, -0.05) is 30.9 Å². The molecule has 3 aromatic rings. The van der Waals surface area contributed by atoms with Crippen LogP contribution >= 0.6 is 0 Å². The highest BCUT2D eigenvalue weighted by atomic mass is 19.1. The van der Waals surface area contributed by atoms with E-state index >= 15 is 0 Å². The molecule has 0 saturated carbocycles. The fraction of sp³-hybridized carbons (Fsp3) is 0.0952. The van der Waals surface area contributed by atoms with Crippen molar-refractivity contribution in [3.8, 4) is 0 Å². The normalized spacial score (nSPS) is 12.6. The van der Waals surface area contributed by atoms with Gasteiger partial charge in [0.1, 0.15) is 11.5 Å². The smallest absolute Gasteiger partial charge is 0.137 e. The summed E-state index contributed by atoms with van der Waals surface area (Å²) in [7, 11) is 0. The number of rotatable bonds is 5. The molecule has 2 heterocycles.